The number of thiophene rings is 1. The number of hydrogen-bond donors (Lipinski definition) is 2. The van der Waals surface area contributed by atoms with Gasteiger partial charge in [0.05, 0.1) is 11.0 Å². The second-order valence-corrected chi connectivity index (χ2v) is 8.00. The Morgan fingerprint density at radius 2 is 1.92 bits per heavy atom. The Hall–Kier alpha value is -0.900. The van der Waals surface area contributed by atoms with Crippen LogP contribution < -0.4 is 0 Å². The van der Waals surface area contributed by atoms with Gasteiger partial charge in [0.2, 0.25) is 0 Å². The predicted molar refractivity (Wildman–Crippen MR) is 98.0 cm³/mol. The zero-order valence-electron chi connectivity index (χ0n) is 14.3. The van der Waals surface area contributed by atoms with Gasteiger partial charge in [0.1, 0.15) is 6.61 Å². The van der Waals surface area contributed by atoms with Crippen LogP contribution in [0.5, 0.6) is 0 Å². The summed E-state index contributed by atoms with van der Waals surface area (Å²) in [5.41, 5.74) is 0. The van der Waals surface area contributed by atoms with Crippen molar-refractivity contribution in [2.75, 3.05) is 32.8 Å². The van der Waals surface area contributed by atoms with Gasteiger partial charge in [0.15, 0.2) is 0 Å². The minimum Gasteiger partial charge on any atom is -0.390 e. The van der Waals surface area contributed by atoms with E-state index in [4.69, 9.17) is 5.11 Å². The normalized spacial score (nSPS) is 26.6. The minimum absolute atomic E-state index is 0.0938. The smallest absolute Gasteiger partial charge is 0.104 e. The Morgan fingerprint density at radius 3 is 2.62 bits per heavy atom. The molecular weight excluding hydrogens is 320 g/mol. The van der Waals surface area contributed by atoms with Crippen molar-refractivity contribution in [3.63, 3.8) is 0 Å². The average molecular weight is 349 g/mol. The summed E-state index contributed by atoms with van der Waals surface area (Å²) in [7, 11) is 0. The molecule has 1 aromatic rings. The standard InChI is InChI=1S/C19H28N2O2S/c22-13-5-6-16-7-8-17(24-16)14-20-12-9-18(19(23)15-20)21-10-3-1-2-4-11-21/h7-8,18-19,22-23H,1-4,9-15H2/t18-,19-/m1/s1. The largest absolute Gasteiger partial charge is 0.390 e. The molecule has 0 unspecified atom stereocenters. The van der Waals surface area contributed by atoms with Crippen molar-refractivity contribution in [1.29, 1.82) is 0 Å². The van der Waals surface area contributed by atoms with E-state index in [1.54, 1.807) is 11.3 Å². The second kappa shape index (κ2) is 8.98. The molecule has 2 aliphatic rings. The molecule has 0 saturated carbocycles. The van der Waals surface area contributed by atoms with E-state index in [9.17, 15) is 5.11 Å². The van der Waals surface area contributed by atoms with Crippen molar-refractivity contribution in [2.45, 2.75) is 50.8 Å². The molecule has 3 rings (SSSR count). The number of hydrogen-bond acceptors (Lipinski definition) is 5. The third-order valence-electron chi connectivity index (χ3n) is 5.07. The summed E-state index contributed by atoms with van der Waals surface area (Å²) < 4.78 is 0. The molecule has 2 atom stereocenters. The Kier molecular flexibility index (Phi) is 6.70. The topological polar surface area (TPSA) is 46.9 Å². The van der Waals surface area contributed by atoms with Crippen LogP contribution in [0.2, 0.25) is 0 Å². The average Bonchev–Trinajstić information content (AvgIpc) is 2.84. The maximum atomic E-state index is 10.7. The van der Waals surface area contributed by atoms with Gasteiger partial charge >= 0.3 is 0 Å². The number of β-amino-alcohol motifs (C(OH)–C–C–N with tert-alkyl or cyclic N) is 1. The molecule has 0 bridgehead atoms. The Labute approximate surface area is 149 Å². The maximum absolute atomic E-state index is 10.7. The molecule has 24 heavy (non-hydrogen) atoms. The molecule has 0 amide bonds. The lowest BCUT2D eigenvalue weighted by Gasteiger charge is -2.41. The van der Waals surface area contributed by atoms with Crippen molar-refractivity contribution in [3.05, 3.63) is 21.9 Å². The lowest BCUT2D eigenvalue weighted by atomic mass is 9.99. The molecule has 2 N–H and O–H groups in total. The van der Waals surface area contributed by atoms with Crippen molar-refractivity contribution in [2.24, 2.45) is 0 Å². The molecule has 4 nitrogen and oxygen atoms in total. The van der Waals surface area contributed by atoms with Crippen LogP contribution in [0.3, 0.4) is 0 Å². The Bertz CT molecular complexity index is 569. The summed E-state index contributed by atoms with van der Waals surface area (Å²) in [6.45, 7) is 4.91. The molecular formula is C19H28N2O2S. The number of likely N-dealkylation sites (tertiary alicyclic amines) is 2. The molecule has 132 valence electrons. The number of aliphatic hydroxyl groups is 2. The summed E-state index contributed by atoms with van der Waals surface area (Å²) >= 11 is 1.68. The molecule has 5 heteroatoms. The van der Waals surface area contributed by atoms with Gasteiger partial charge in [-0.2, -0.15) is 0 Å². The van der Waals surface area contributed by atoms with E-state index in [0.717, 1.165) is 44.0 Å². The third kappa shape index (κ3) is 4.81. The zero-order chi connectivity index (χ0) is 16.8. The molecule has 2 saturated heterocycles. The first-order chi connectivity index (χ1) is 11.8. The highest BCUT2D eigenvalue weighted by molar-refractivity contribution is 7.12. The van der Waals surface area contributed by atoms with Gasteiger partial charge in [-0.1, -0.05) is 24.7 Å². The lowest BCUT2D eigenvalue weighted by Crippen LogP contribution is -2.54. The van der Waals surface area contributed by atoms with Gasteiger partial charge in [-0.05, 0) is 44.5 Å². The fourth-order valence-corrected chi connectivity index (χ4v) is 4.78. The van der Waals surface area contributed by atoms with Crippen LogP contribution in [0.15, 0.2) is 12.1 Å². The van der Waals surface area contributed by atoms with Crippen molar-refractivity contribution >= 4 is 11.3 Å². The molecule has 3 heterocycles. The van der Waals surface area contributed by atoms with Crippen LogP contribution in [0, 0.1) is 11.8 Å². The molecule has 0 radical (unpaired) electrons. The third-order valence-corrected chi connectivity index (χ3v) is 6.06. The van der Waals surface area contributed by atoms with E-state index in [1.165, 1.54) is 30.6 Å². The van der Waals surface area contributed by atoms with Crippen LogP contribution in [0.1, 0.15) is 41.9 Å². The van der Waals surface area contributed by atoms with E-state index >= 15 is 0 Å². The lowest BCUT2D eigenvalue weighted by molar-refractivity contribution is -0.0141. The minimum atomic E-state index is -0.245. The highest BCUT2D eigenvalue weighted by Crippen LogP contribution is 2.24. The van der Waals surface area contributed by atoms with Gasteiger partial charge in [-0.25, -0.2) is 0 Å². The summed E-state index contributed by atoms with van der Waals surface area (Å²) in [4.78, 5) is 7.16. The number of nitrogens with zero attached hydrogens (tertiary/aromatic N) is 2. The first-order valence-corrected chi connectivity index (χ1v) is 9.91. The number of aliphatic hydroxyl groups excluding tert-OH is 2. The van der Waals surface area contributed by atoms with Crippen molar-refractivity contribution in [3.8, 4) is 11.8 Å². The fraction of sp³-hybridized carbons (Fsp3) is 0.684. The van der Waals surface area contributed by atoms with Crippen molar-refractivity contribution < 1.29 is 10.2 Å². The van der Waals surface area contributed by atoms with E-state index in [1.807, 2.05) is 6.07 Å². The van der Waals surface area contributed by atoms with Crippen molar-refractivity contribution in [1.82, 2.24) is 9.80 Å². The second-order valence-electron chi connectivity index (χ2n) is 6.83. The maximum Gasteiger partial charge on any atom is 0.104 e. The monoisotopic (exact) mass is 348 g/mol. The molecule has 0 aromatic carbocycles. The Morgan fingerprint density at radius 1 is 1.12 bits per heavy atom. The molecule has 0 spiro atoms. The quantitative estimate of drug-likeness (QED) is 0.819. The van der Waals surface area contributed by atoms with Gasteiger partial charge in [0.25, 0.3) is 0 Å². The summed E-state index contributed by atoms with van der Waals surface area (Å²) in [6.07, 6.45) is 6.05. The van der Waals surface area contributed by atoms with E-state index in [0.29, 0.717) is 6.04 Å². The summed E-state index contributed by atoms with van der Waals surface area (Å²) in [6, 6.07) is 4.47. The van der Waals surface area contributed by atoms with Crippen LogP contribution >= 0.6 is 11.3 Å². The van der Waals surface area contributed by atoms with Gasteiger partial charge in [0, 0.05) is 30.6 Å². The van der Waals surface area contributed by atoms with Gasteiger partial charge < -0.3 is 10.2 Å². The first-order valence-electron chi connectivity index (χ1n) is 9.09. The molecule has 2 fully saturated rings. The zero-order valence-corrected chi connectivity index (χ0v) is 15.1. The fourth-order valence-electron chi connectivity index (χ4n) is 3.86. The Balaban J connectivity index is 1.52. The van der Waals surface area contributed by atoms with Crippen LogP contribution in [0.4, 0.5) is 0 Å². The molecule has 0 aliphatic carbocycles. The summed E-state index contributed by atoms with van der Waals surface area (Å²) in [5, 5.41) is 19.4. The van der Waals surface area contributed by atoms with Crippen LogP contribution in [-0.2, 0) is 6.54 Å². The number of piperidine rings is 1. The van der Waals surface area contributed by atoms with Gasteiger partial charge in [-0.15, -0.1) is 11.3 Å². The molecule has 1 aromatic heterocycles. The van der Waals surface area contributed by atoms with E-state index in [2.05, 4.69) is 27.7 Å². The van der Waals surface area contributed by atoms with E-state index in [-0.39, 0.29) is 12.7 Å². The summed E-state index contributed by atoms with van der Waals surface area (Å²) in [5.74, 6) is 5.65. The van der Waals surface area contributed by atoms with E-state index < -0.39 is 0 Å². The highest BCUT2D eigenvalue weighted by Gasteiger charge is 2.32. The van der Waals surface area contributed by atoms with Gasteiger partial charge in [-0.3, -0.25) is 9.80 Å². The SMILES string of the molecule is OCC#Cc1ccc(CN2CC[C@@H](N3CCCCCC3)[C@H](O)C2)s1. The van der Waals surface area contributed by atoms with Crippen LogP contribution in [-0.4, -0.2) is 64.9 Å². The highest BCUT2D eigenvalue weighted by atomic mass is 32.1. The number of rotatable bonds is 3. The van der Waals surface area contributed by atoms with Crippen LogP contribution in [0.25, 0.3) is 0 Å². The predicted octanol–water partition coefficient (Wildman–Crippen LogP) is 1.90. The molecule has 2 aliphatic heterocycles. The first kappa shape index (κ1) is 17.9.